The molecule has 7 nitrogen and oxygen atoms in total. The minimum absolute atomic E-state index is 0. The molecule has 1 aromatic rings. The Morgan fingerprint density at radius 1 is 1.19 bits per heavy atom. The number of methoxy groups -OCH3 is 1. The predicted molar refractivity (Wildman–Crippen MR) is 116 cm³/mol. The van der Waals surface area contributed by atoms with Gasteiger partial charge in [-0.05, 0) is 45.4 Å². The summed E-state index contributed by atoms with van der Waals surface area (Å²) < 4.78 is 10.9. The first kappa shape index (κ1) is 24.3. The molecule has 0 aliphatic rings. The van der Waals surface area contributed by atoms with E-state index in [1.165, 1.54) is 0 Å². The number of rotatable bonds is 7. The van der Waals surface area contributed by atoms with Gasteiger partial charge in [0, 0.05) is 19.1 Å². The molecule has 0 aliphatic carbocycles. The smallest absolute Gasteiger partial charge is 0.239 e. The van der Waals surface area contributed by atoms with Gasteiger partial charge in [0.2, 0.25) is 5.91 Å². The summed E-state index contributed by atoms with van der Waals surface area (Å²) in [5.74, 6) is 1.87. The maximum Gasteiger partial charge on any atom is 0.239 e. The van der Waals surface area contributed by atoms with Crippen LogP contribution in [0.3, 0.4) is 0 Å². The summed E-state index contributed by atoms with van der Waals surface area (Å²) in [6.45, 7) is 9.04. The molecule has 0 aliphatic heterocycles. The largest absolute Gasteiger partial charge is 0.493 e. The van der Waals surface area contributed by atoms with Crippen molar-refractivity contribution in [1.82, 2.24) is 16.0 Å². The minimum Gasteiger partial charge on any atom is -0.493 e. The Kier molecular flexibility index (Phi) is 11.0. The number of nitrogens with zero attached hydrogens (tertiary/aromatic N) is 1. The van der Waals surface area contributed by atoms with Crippen LogP contribution in [-0.2, 0) is 11.3 Å². The molecule has 1 aromatic carbocycles. The van der Waals surface area contributed by atoms with Crippen molar-refractivity contribution < 1.29 is 14.3 Å². The zero-order valence-electron chi connectivity index (χ0n) is 16.4. The first-order valence-electron chi connectivity index (χ1n) is 8.34. The summed E-state index contributed by atoms with van der Waals surface area (Å²) in [7, 11) is 3.28. The average molecular weight is 478 g/mol. The highest BCUT2D eigenvalue weighted by molar-refractivity contribution is 14.0. The Bertz CT molecular complexity index is 601. The highest BCUT2D eigenvalue weighted by Crippen LogP contribution is 2.27. The van der Waals surface area contributed by atoms with Gasteiger partial charge in [0.25, 0.3) is 0 Å². The van der Waals surface area contributed by atoms with E-state index in [0.717, 1.165) is 11.3 Å². The van der Waals surface area contributed by atoms with Crippen molar-refractivity contribution in [3.05, 3.63) is 23.8 Å². The molecule has 8 heteroatoms. The van der Waals surface area contributed by atoms with Gasteiger partial charge in [-0.3, -0.25) is 9.79 Å². The third-order valence-corrected chi connectivity index (χ3v) is 3.14. The molecule has 0 radical (unpaired) electrons. The number of hydrogen-bond donors (Lipinski definition) is 3. The number of aliphatic imine (C=N–C) groups is 1. The molecule has 0 atom stereocenters. The fourth-order valence-electron chi connectivity index (χ4n) is 2.13. The predicted octanol–water partition coefficient (Wildman–Crippen LogP) is 2.29. The average Bonchev–Trinajstić information content (AvgIpc) is 2.54. The summed E-state index contributed by atoms with van der Waals surface area (Å²) in [5.41, 5.74) is 0.761. The number of carbonyl (C=O) groups excluding carboxylic acids is 1. The SMILES string of the molecule is CCOc1ccc(CNC(=NC)NCC(=O)NC(C)(C)C)cc1OC.I. The molecule has 0 fully saturated rings. The van der Waals surface area contributed by atoms with E-state index in [4.69, 9.17) is 9.47 Å². The zero-order chi connectivity index (χ0) is 18.9. The van der Waals surface area contributed by atoms with Crippen molar-refractivity contribution in [3.63, 3.8) is 0 Å². The standard InChI is InChI=1S/C18H30N4O3.HI/c1-7-25-14-9-8-13(10-15(14)24-6)11-20-17(19-5)21-12-16(23)22-18(2,3)4;/h8-10H,7,11-12H2,1-6H3,(H,22,23)(H2,19,20,21);1H. The molecule has 0 spiro atoms. The van der Waals surface area contributed by atoms with Crippen LogP contribution in [-0.4, -0.2) is 44.7 Å². The topological polar surface area (TPSA) is 84.0 Å². The van der Waals surface area contributed by atoms with Crippen LogP contribution in [0.2, 0.25) is 0 Å². The first-order valence-corrected chi connectivity index (χ1v) is 8.34. The molecular formula is C18H31IN4O3. The summed E-state index contributed by atoms with van der Waals surface area (Å²) in [4.78, 5) is 16.0. The van der Waals surface area contributed by atoms with Crippen LogP contribution >= 0.6 is 24.0 Å². The highest BCUT2D eigenvalue weighted by atomic mass is 127. The van der Waals surface area contributed by atoms with Crippen LogP contribution < -0.4 is 25.4 Å². The Morgan fingerprint density at radius 2 is 1.88 bits per heavy atom. The maximum atomic E-state index is 11.8. The van der Waals surface area contributed by atoms with Gasteiger partial charge < -0.3 is 25.4 Å². The van der Waals surface area contributed by atoms with E-state index in [-0.39, 0.29) is 42.0 Å². The number of benzene rings is 1. The van der Waals surface area contributed by atoms with Gasteiger partial charge in [0.15, 0.2) is 17.5 Å². The maximum absolute atomic E-state index is 11.8. The molecule has 0 heterocycles. The van der Waals surface area contributed by atoms with Crippen LogP contribution in [0.1, 0.15) is 33.3 Å². The van der Waals surface area contributed by atoms with Crippen molar-refractivity contribution in [2.24, 2.45) is 4.99 Å². The molecule has 0 bridgehead atoms. The van der Waals surface area contributed by atoms with Crippen molar-refractivity contribution >= 4 is 35.8 Å². The van der Waals surface area contributed by atoms with Crippen molar-refractivity contribution in [3.8, 4) is 11.5 Å². The van der Waals surface area contributed by atoms with E-state index in [1.807, 2.05) is 45.9 Å². The van der Waals surface area contributed by atoms with Crippen LogP contribution in [0.15, 0.2) is 23.2 Å². The number of guanidine groups is 1. The second-order valence-corrected chi connectivity index (χ2v) is 6.50. The Hall–Kier alpha value is -1.71. The lowest BCUT2D eigenvalue weighted by Crippen LogP contribution is -2.48. The molecule has 148 valence electrons. The van der Waals surface area contributed by atoms with Gasteiger partial charge in [-0.25, -0.2) is 0 Å². The van der Waals surface area contributed by atoms with Crippen LogP contribution in [0.5, 0.6) is 11.5 Å². The van der Waals surface area contributed by atoms with Crippen molar-refractivity contribution in [2.45, 2.75) is 39.8 Å². The first-order chi connectivity index (χ1) is 11.8. The van der Waals surface area contributed by atoms with E-state index in [1.54, 1.807) is 14.2 Å². The fourth-order valence-corrected chi connectivity index (χ4v) is 2.13. The molecule has 3 N–H and O–H groups in total. The van der Waals surface area contributed by atoms with Crippen molar-refractivity contribution in [1.29, 1.82) is 0 Å². The van der Waals surface area contributed by atoms with E-state index >= 15 is 0 Å². The lowest BCUT2D eigenvalue weighted by molar-refractivity contribution is -0.121. The third kappa shape index (κ3) is 9.12. The number of nitrogens with one attached hydrogen (secondary N) is 3. The Morgan fingerprint density at radius 3 is 2.42 bits per heavy atom. The van der Waals surface area contributed by atoms with Gasteiger partial charge in [-0.1, -0.05) is 6.07 Å². The number of amides is 1. The van der Waals surface area contributed by atoms with Gasteiger partial charge in [0.1, 0.15) is 0 Å². The second-order valence-electron chi connectivity index (χ2n) is 6.50. The molecular weight excluding hydrogens is 447 g/mol. The monoisotopic (exact) mass is 478 g/mol. The van der Waals surface area contributed by atoms with E-state index in [0.29, 0.717) is 24.9 Å². The van der Waals surface area contributed by atoms with E-state index < -0.39 is 0 Å². The van der Waals surface area contributed by atoms with Crippen LogP contribution in [0, 0.1) is 0 Å². The third-order valence-electron chi connectivity index (χ3n) is 3.14. The van der Waals surface area contributed by atoms with Gasteiger partial charge >= 0.3 is 0 Å². The molecule has 0 saturated carbocycles. The number of hydrogen-bond acceptors (Lipinski definition) is 4. The minimum atomic E-state index is -0.255. The quantitative estimate of drug-likeness (QED) is 0.318. The Labute approximate surface area is 173 Å². The highest BCUT2D eigenvalue weighted by Gasteiger charge is 2.13. The van der Waals surface area contributed by atoms with E-state index in [9.17, 15) is 4.79 Å². The van der Waals surface area contributed by atoms with Crippen LogP contribution in [0.25, 0.3) is 0 Å². The summed E-state index contributed by atoms with van der Waals surface area (Å²) in [6.07, 6.45) is 0. The Balaban J connectivity index is 0.00000625. The summed E-state index contributed by atoms with van der Waals surface area (Å²) in [5, 5.41) is 9.05. The van der Waals surface area contributed by atoms with E-state index in [2.05, 4.69) is 20.9 Å². The number of halogens is 1. The van der Waals surface area contributed by atoms with Gasteiger partial charge in [-0.15, -0.1) is 24.0 Å². The normalized spacial score (nSPS) is 11.2. The van der Waals surface area contributed by atoms with Crippen LogP contribution in [0.4, 0.5) is 0 Å². The van der Waals surface area contributed by atoms with Gasteiger partial charge in [-0.2, -0.15) is 0 Å². The molecule has 0 unspecified atom stereocenters. The number of carbonyl (C=O) groups is 1. The molecule has 26 heavy (non-hydrogen) atoms. The zero-order valence-corrected chi connectivity index (χ0v) is 18.8. The van der Waals surface area contributed by atoms with Crippen molar-refractivity contribution in [2.75, 3.05) is 27.3 Å². The molecule has 1 amide bonds. The molecule has 1 rings (SSSR count). The summed E-state index contributed by atoms with van der Waals surface area (Å²) >= 11 is 0. The lowest BCUT2D eigenvalue weighted by atomic mass is 10.1. The number of ether oxygens (including phenoxy) is 2. The lowest BCUT2D eigenvalue weighted by Gasteiger charge is -2.21. The molecule has 0 saturated heterocycles. The summed E-state index contributed by atoms with van der Waals surface area (Å²) in [6, 6.07) is 5.75. The second kappa shape index (κ2) is 11.8. The fraction of sp³-hybridized carbons (Fsp3) is 0.556. The molecule has 0 aromatic heterocycles. The van der Waals surface area contributed by atoms with Gasteiger partial charge in [0.05, 0.1) is 20.3 Å².